The molecular weight excluding hydrogens is 566 g/mol. The van der Waals surface area contributed by atoms with Crippen LogP contribution < -0.4 is 26.3 Å². The van der Waals surface area contributed by atoms with Crippen molar-refractivity contribution in [1.29, 1.82) is 0 Å². The Morgan fingerprint density at radius 1 is 1.11 bits per heavy atom. The van der Waals surface area contributed by atoms with Gasteiger partial charge in [-0.2, -0.15) is 4.98 Å². The number of carbonyl (C=O) groups excluding carboxylic acids is 2. The van der Waals surface area contributed by atoms with E-state index in [1.807, 2.05) is 12.1 Å². The van der Waals surface area contributed by atoms with E-state index in [2.05, 4.69) is 27.1 Å². The summed E-state index contributed by atoms with van der Waals surface area (Å²) < 4.78 is 27.0. The van der Waals surface area contributed by atoms with Gasteiger partial charge in [0.05, 0.1) is 38.7 Å². The molecule has 44 heavy (non-hydrogen) atoms. The number of nitrogens with two attached hydrogens (primary N) is 2. The number of hydrogen-bond donors (Lipinski definition) is 3. The normalized spacial score (nSPS) is 15.3. The number of ether oxygens (including phenoxy) is 4. The standard InChI is InChI=1S/C32H31N5O7/c1-4-42-32(39)44-29-25(16-22-6-5-11-43-22)36-24-14-18(8-10-23(24)27(29)38)7-9-20-12-19(15-26(40-2)28(20)41-3)13-21-17-35-31(34)37-30(21)33/h5-6,8,10-12,14-15,17,25,29,36H,4,13,16H2,1-3H3,(H4,33,34,35,37). The number of benzene rings is 2. The molecule has 1 aliphatic heterocycles. The molecule has 5 rings (SSSR count). The summed E-state index contributed by atoms with van der Waals surface area (Å²) >= 11 is 0. The topological polar surface area (TPSA) is 174 Å². The molecular formula is C32H31N5O7. The van der Waals surface area contributed by atoms with Crippen molar-refractivity contribution in [1.82, 2.24) is 9.97 Å². The summed E-state index contributed by atoms with van der Waals surface area (Å²) in [7, 11) is 3.08. The van der Waals surface area contributed by atoms with E-state index in [1.54, 1.807) is 56.8 Å². The number of aromatic nitrogens is 2. The number of fused-ring (bicyclic) bond motifs is 1. The Morgan fingerprint density at radius 2 is 1.95 bits per heavy atom. The van der Waals surface area contributed by atoms with Crippen molar-refractivity contribution in [2.75, 3.05) is 37.6 Å². The molecule has 0 amide bonds. The summed E-state index contributed by atoms with van der Waals surface area (Å²) in [6, 6.07) is 11.8. The van der Waals surface area contributed by atoms with E-state index in [4.69, 9.17) is 34.8 Å². The molecule has 2 aromatic carbocycles. The molecule has 1 aliphatic rings. The van der Waals surface area contributed by atoms with Crippen LogP contribution in [0.4, 0.5) is 22.2 Å². The summed E-state index contributed by atoms with van der Waals surface area (Å²) in [6.07, 6.45) is 1.82. The molecule has 3 heterocycles. The van der Waals surface area contributed by atoms with E-state index in [0.29, 0.717) is 58.0 Å². The van der Waals surface area contributed by atoms with Crippen LogP contribution in [0, 0.1) is 11.8 Å². The molecule has 0 saturated heterocycles. The number of methoxy groups -OCH3 is 2. The number of carbonyl (C=O) groups is 2. The van der Waals surface area contributed by atoms with Gasteiger partial charge < -0.3 is 40.1 Å². The monoisotopic (exact) mass is 597 g/mol. The van der Waals surface area contributed by atoms with Gasteiger partial charge in [0.1, 0.15) is 11.6 Å². The SMILES string of the molecule is CCOC(=O)OC1C(=O)c2ccc(C#Cc3cc(Cc4cnc(N)nc4N)cc(OC)c3OC)cc2NC1Cc1ccco1. The van der Waals surface area contributed by atoms with Crippen molar-refractivity contribution in [2.45, 2.75) is 31.9 Å². The van der Waals surface area contributed by atoms with Crippen LogP contribution in [-0.2, 0) is 22.3 Å². The molecule has 0 radical (unpaired) electrons. The molecule has 0 saturated carbocycles. The molecule has 226 valence electrons. The summed E-state index contributed by atoms with van der Waals surface area (Å²) in [4.78, 5) is 33.7. The van der Waals surface area contributed by atoms with Gasteiger partial charge in [-0.1, -0.05) is 11.8 Å². The Kier molecular flexibility index (Phi) is 8.85. The van der Waals surface area contributed by atoms with Crippen LogP contribution in [0.25, 0.3) is 0 Å². The second-order valence-corrected chi connectivity index (χ2v) is 9.82. The number of Topliss-reactive ketones (excluding diaryl/α,β-unsaturated/α-hetero) is 1. The number of furan rings is 1. The minimum absolute atomic E-state index is 0.0979. The molecule has 2 aromatic heterocycles. The minimum atomic E-state index is -1.11. The van der Waals surface area contributed by atoms with Crippen molar-refractivity contribution < 1.29 is 33.0 Å². The van der Waals surface area contributed by atoms with Gasteiger partial charge in [-0.25, -0.2) is 9.78 Å². The number of anilines is 3. The largest absolute Gasteiger partial charge is 0.509 e. The van der Waals surface area contributed by atoms with E-state index in [-0.39, 0.29) is 24.2 Å². The Morgan fingerprint density at radius 3 is 2.66 bits per heavy atom. The number of rotatable bonds is 8. The number of nitrogens with one attached hydrogen (secondary N) is 1. The maximum absolute atomic E-state index is 13.5. The van der Waals surface area contributed by atoms with E-state index in [0.717, 1.165) is 5.56 Å². The highest BCUT2D eigenvalue weighted by Gasteiger charge is 2.39. The van der Waals surface area contributed by atoms with E-state index in [1.165, 1.54) is 7.11 Å². The van der Waals surface area contributed by atoms with Crippen LogP contribution in [0.1, 0.15) is 45.3 Å². The van der Waals surface area contributed by atoms with Gasteiger partial charge >= 0.3 is 6.16 Å². The molecule has 0 bridgehead atoms. The Bertz CT molecular complexity index is 1740. The maximum atomic E-state index is 13.5. The number of nitrogen functional groups attached to an aromatic ring is 2. The van der Waals surface area contributed by atoms with Crippen LogP contribution in [-0.4, -0.2) is 54.9 Å². The molecule has 12 nitrogen and oxygen atoms in total. The van der Waals surface area contributed by atoms with Crippen LogP contribution in [0.2, 0.25) is 0 Å². The Hall–Kier alpha value is -5.70. The maximum Gasteiger partial charge on any atom is 0.509 e. The lowest BCUT2D eigenvalue weighted by atomic mass is 9.90. The first-order chi connectivity index (χ1) is 21.3. The molecule has 5 N–H and O–H groups in total. The smallest absolute Gasteiger partial charge is 0.493 e. The predicted molar refractivity (Wildman–Crippen MR) is 162 cm³/mol. The van der Waals surface area contributed by atoms with E-state index in [9.17, 15) is 9.59 Å². The van der Waals surface area contributed by atoms with Gasteiger partial charge in [0.15, 0.2) is 17.6 Å². The van der Waals surface area contributed by atoms with Crippen molar-refractivity contribution in [3.05, 3.63) is 88.5 Å². The fourth-order valence-electron chi connectivity index (χ4n) is 4.91. The first kappa shape index (κ1) is 29.8. The predicted octanol–water partition coefficient (Wildman–Crippen LogP) is 4.00. The van der Waals surface area contributed by atoms with Gasteiger partial charge in [0.2, 0.25) is 11.7 Å². The van der Waals surface area contributed by atoms with Crippen molar-refractivity contribution >= 4 is 29.4 Å². The van der Waals surface area contributed by atoms with Crippen molar-refractivity contribution in [3.8, 4) is 23.3 Å². The molecule has 0 fully saturated rings. The van der Waals surface area contributed by atoms with Crippen LogP contribution in [0.5, 0.6) is 11.5 Å². The highest BCUT2D eigenvalue weighted by molar-refractivity contribution is 6.07. The first-order valence-corrected chi connectivity index (χ1v) is 13.7. The van der Waals surface area contributed by atoms with Crippen LogP contribution >= 0.6 is 0 Å². The first-order valence-electron chi connectivity index (χ1n) is 13.7. The molecule has 4 aromatic rings. The summed E-state index contributed by atoms with van der Waals surface area (Å²) in [5, 5.41) is 3.33. The lowest BCUT2D eigenvalue weighted by Gasteiger charge is -2.32. The van der Waals surface area contributed by atoms with Crippen LogP contribution in [0.15, 0.2) is 59.3 Å². The number of ketones is 1. The zero-order chi connectivity index (χ0) is 31.2. The minimum Gasteiger partial charge on any atom is -0.493 e. The second-order valence-electron chi connectivity index (χ2n) is 9.82. The summed E-state index contributed by atoms with van der Waals surface area (Å²) in [6.45, 7) is 1.78. The molecule has 0 spiro atoms. The van der Waals surface area contributed by atoms with Crippen molar-refractivity contribution in [2.24, 2.45) is 0 Å². The zero-order valence-corrected chi connectivity index (χ0v) is 24.4. The zero-order valence-electron chi connectivity index (χ0n) is 24.4. The lowest BCUT2D eigenvalue weighted by molar-refractivity contribution is 0.0186. The van der Waals surface area contributed by atoms with Crippen molar-refractivity contribution in [3.63, 3.8) is 0 Å². The van der Waals surface area contributed by atoms with Gasteiger partial charge in [-0.3, -0.25) is 4.79 Å². The van der Waals surface area contributed by atoms with E-state index >= 15 is 0 Å². The summed E-state index contributed by atoms with van der Waals surface area (Å²) in [5.74, 6) is 7.94. The third-order valence-electron chi connectivity index (χ3n) is 6.93. The quantitative estimate of drug-likeness (QED) is 0.197. The number of hydrogen-bond acceptors (Lipinski definition) is 12. The molecule has 12 heteroatoms. The highest BCUT2D eigenvalue weighted by Crippen LogP contribution is 2.34. The van der Waals surface area contributed by atoms with Gasteiger partial charge in [-0.05, 0) is 55.0 Å². The van der Waals surface area contributed by atoms with Gasteiger partial charge in [-0.15, -0.1) is 0 Å². The third-order valence-corrected chi connectivity index (χ3v) is 6.93. The van der Waals surface area contributed by atoms with Gasteiger partial charge in [0, 0.05) is 41.4 Å². The van der Waals surface area contributed by atoms with Crippen LogP contribution in [0.3, 0.4) is 0 Å². The second kappa shape index (κ2) is 13.1. The fraction of sp³-hybridized carbons (Fsp3) is 0.250. The molecule has 2 atom stereocenters. The average Bonchev–Trinajstić information content (AvgIpc) is 3.52. The van der Waals surface area contributed by atoms with Gasteiger partial charge in [0.25, 0.3) is 0 Å². The summed E-state index contributed by atoms with van der Waals surface area (Å²) in [5.41, 5.74) is 15.4. The number of nitrogens with zero attached hydrogens (tertiary/aromatic N) is 2. The Labute approximate surface area is 253 Å². The molecule has 2 unspecified atom stereocenters. The fourth-order valence-corrected chi connectivity index (χ4v) is 4.91. The van der Waals surface area contributed by atoms with E-state index < -0.39 is 18.3 Å². The third kappa shape index (κ3) is 6.52. The average molecular weight is 598 g/mol. The lowest BCUT2D eigenvalue weighted by Crippen LogP contribution is -2.48. The molecule has 0 aliphatic carbocycles. The highest BCUT2D eigenvalue weighted by atomic mass is 16.7. The Balaban J connectivity index is 1.46.